The van der Waals surface area contributed by atoms with Crippen molar-refractivity contribution in [1.82, 2.24) is 0 Å². The van der Waals surface area contributed by atoms with Gasteiger partial charge in [-0.15, -0.1) is 0 Å². The Hall–Kier alpha value is -0.570. The zero-order valence-corrected chi connectivity index (χ0v) is 8.45. The average Bonchev–Trinajstić information content (AvgIpc) is 2.95. The summed E-state index contributed by atoms with van der Waals surface area (Å²) in [6, 6.07) is 0. The zero-order chi connectivity index (χ0) is 9.84. The summed E-state index contributed by atoms with van der Waals surface area (Å²) in [6.45, 7) is 2.60. The lowest BCUT2D eigenvalue weighted by Gasteiger charge is -2.16. The van der Waals surface area contributed by atoms with Gasteiger partial charge in [-0.2, -0.15) is 0 Å². The summed E-state index contributed by atoms with van der Waals surface area (Å²) in [7, 11) is 1.42. The third kappa shape index (κ3) is 2.99. The van der Waals surface area contributed by atoms with Crippen LogP contribution in [0.1, 0.15) is 26.2 Å². The first-order chi connectivity index (χ1) is 6.19. The van der Waals surface area contributed by atoms with E-state index >= 15 is 0 Å². The van der Waals surface area contributed by atoms with Crippen molar-refractivity contribution in [2.24, 2.45) is 23.5 Å². The van der Waals surface area contributed by atoms with Gasteiger partial charge in [0.05, 0.1) is 13.0 Å². The largest absolute Gasteiger partial charge is 0.469 e. The highest BCUT2D eigenvalue weighted by Crippen LogP contribution is 2.39. The molecule has 0 aromatic rings. The van der Waals surface area contributed by atoms with Crippen molar-refractivity contribution in [3.63, 3.8) is 0 Å². The van der Waals surface area contributed by atoms with Crippen LogP contribution in [0.15, 0.2) is 0 Å². The molecule has 2 N–H and O–H groups in total. The smallest absolute Gasteiger partial charge is 0.309 e. The maximum absolute atomic E-state index is 11.2. The van der Waals surface area contributed by atoms with E-state index in [9.17, 15) is 4.79 Å². The molecule has 0 radical (unpaired) electrons. The van der Waals surface area contributed by atoms with Crippen LogP contribution in [-0.2, 0) is 9.53 Å². The second kappa shape index (κ2) is 4.61. The molecule has 0 aromatic carbocycles. The van der Waals surface area contributed by atoms with E-state index in [1.807, 2.05) is 0 Å². The van der Waals surface area contributed by atoms with Crippen molar-refractivity contribution in [2.75, 3.05) is 13.7 Å². The highest BCUT2D eigenvalue weighted by atomic mass is 16.5. The summed E-state index contributed by atoms with van der Waals surface area (Å²) in [6.07, 6.45) is 3.52. The molecule has 1 rings (SSSR count). The molecule has 1 aliphatic carbocycles. The minimum atomic E-state index is -0.157. The van der Waals surface area contributed by atoms with E-state index in [0.717, 1.165) is 12.3 Å². The zero-order valence-electron chi connectivity index (χ0n) is 8.45. The second-order valence-electron chi connectivity index (χ2n) is 4.01. The third-order valence-electron chi connectivity index (χ3n) is 2.90. The van der Waals surface area contributed by atoms with Crippen molar-refractivity contribution in [1.29, 1.82) is 0 Å². The number of carbonyl (C=O) groups is 1. The minimum Gasteiger partial charge on any atom is -0.469 e. The monoisotopic (exact) mass is 185 g/mol. The molecule has 0 spiro atoms. The Balaban J connectivity index is 2.33. The number of hydrogen-bond donors (Lipinski definition) is 1. The fourth-order valence-corrected chi connectivity index (χ4v) is 1.76. The van der Waals surface area contributed by atoms with Crippen LogP contribution in [-0.4, -0.2) is 19.6 Å². The first-order valence-corrected chi connectivity index (χ1v) is 4.97. The fraction of sp³-hybridized carbons (Fsp3) is 0.900. The Bertz CT molecular complexity index is 178. The van der Waals surface area contributed by atoms with E-state index in [2.05, 4.69) is 11.7 Å². The van der Waals surface area contributed by atoms with Crippen molar-refractivity contribution in [2.45, 2.75) is 26.2 Å². The summed E-state index contributed by atoms with van der Waals surface area (Å²) < 4.78 is 4.69. The van der Waals surface area contributed by atoms with Gasteiger partial charge in [0, 0.05) is 6.54 Å². The van der Waals surface area contributed by atoms with Crippen LogP contribution in [0.4, 0.5) is 0 Å². The highest BCUT2D eigenvalue weighted by molar-refractivity contribution is 5.72. The summed E-state index contributed by atoms with van der Waals surface area (Å²) in [5.41, 5.74) is 5.52. The molecule has 0 aliphatic heterocycles. The van der Waals surface area contributed by atoms with Gasteiger partial charge in [-0.1, -0.05) is 6.92 Å². The standard InChI is InChI=1S/C10H19NO2/c1-7(8-3-4-8)5-9(6-11)10(12)13-2/h7-9H,3-6,11H2,1-2H3. The molecule has 1 saturated carbocycles. The quantitative estimate of drug-likeness (QED) is 0.654. The Morgan fingerprint density at radius 2 is 2.23 bits per heavy atom. The van der Waals surface area contributed by atoms with E-state index in [0.29, 0.717) is 12.5 Å². The van der Waals surface area contributed by atoms with E-state index in [-0.39, 0.29) is 11.9 Å². The van der Waals surface area contributed by atoms with Gasteiger partial charge >= 0.3 is 5.97 Å². The lowest BCUT2D eigenvalue weighted by Crippen LogP contribution is -2.27. The van der Waals surface area contributed by atoms with Gasteiger partial charge < -0.3 is 10.5 Å². The molecule has 1 fully saturated rings. The van der Waals surface area contributed by atoms with Crippen LogP contribution in [0, 0.1) is 17.8 Å². The van der Waals surface area contributed by atoms with Crippen LogP contribution in [0.2, 0.25) is 0 Å². The third-order valence-corrected chi connectivity index (χ3v) is 2.90. The van der Waals surface area contributed by atoms with Crippen molar-refractivity contribution >= 4 is 5.97 Å². The van der Waals surface area contributed by atoms with Gasteiger partial charge in [0.25, 0.3) is 0 Å². The Labute approximate surface area is 79.6 Å². The number of rotatable bonds is 5. The van der Waals surface area contributed by atoms with E-state index < -0.39 is 0 Å². The van der Waals surface area contributed by atoms with Gasteiger partial charge in [0.1, 0.15) is 0 Å². The molecular formula is C10H19NO2. The van der Waals surface area contributed by atoms with E-state index in [1.54, 1.807) is 0 Å². The Morgan fingerprint density at radius 1 is 1.62 bits per heavy atom. The maximum Gasteiger partial charge on any atom is 0.309 e. The molecule has 3 heteroatoms. The molecule has 0 aromatic heterocycles. The molecule has 13 heavy (non-hydrogen) atoms. The maximum atomic E-state index is 11.2. The molecule has 0 amide bonds. The molecular weight excluding hydrogens is 166 g/mol. The summed E-state index contributed by atoms with van der Waals surface area (Å²) in [5, 5.41) is 0. The summed E-state index contributed by atoms with van der Waals surface area (Å²) >= 11 is 0. The highest BCUT2D eigenvalue weighted by Gasteiger charge is 2.31. The minimum absolute atomic E-state index is 0.0967. The van der Waals surface area contributed by atoms with Gasteiger partial charge in [0.15, 0.2) is 0 Å². The average molecular weight is 185 g/mol. The molecule has 3 nitrogen and oxygen atoms in total. The van der Waals surface area contributed by atoms with Gasteiger partial charge in [-0.25, -0.2) is 0 Å². The number of methoxy groups -OCH3 is 1. The van der Waals surface area contributed by atoms with Crippen LogP contribution < -0.4 is 5.73 Å². The molecule has 2 atom stereocenters. The molecule has 1 aliphatic rings. The Kier molecular flexibility index (Phi) is 3.72. The second-order valence-corrected chi connectivity index (χ2v) is 4.01. The van der Waals surface area contributed by atoms with Crippen LogP contribution in [0.3, 0.4) is 0 Å². The van der Waals surface area contributed by atoms with Crippen LogP contribution in [0.5, 0.6) is 0 Å². The molecule has 0 saturated heterocycles. The van der Waals surface area contributed by atoms with Gasteiger partial charge in [-0.05, 0) is 31.1 Å². The first kappa shape index (κ1) is 10.5. The molecule has 2 unspecified atom stereocenters. The molecule has 0 heterocycles. The molecule has 0 bridgehead atoms. The van der Waals surface area contributed by atoms with Crippen molar-refractivity contribution < 1.29 is 9.53 Å². The normalized spacial score (nSPS) is 20.8. The lowest BCUT2D eigenvalue weighted by atomic mass is 9.92. The van der Waals surface area contributed by atoms with Crippen LogP contribution >= 0.6 is 0 Å². The number of carbonyl (C=O) groups excluding carboxylic acids is 1. The van der Waals surface area contributed by atoms with Gasteiger partial charge in [0.2, 0.25) is 0 Å². The predicted octanol–water partition coefficient (Wildman–Crippen LogP) is 1.17. The first-order valence-electron chi connectivity index (χ1n) is 4.97. The Morgan fingerprint density at radius 3 is 2.62 bits per heavy atom. The number of nitrogens with two attached hydrogens (primary N) is 1. The summed E-state index contributed by atoms with van der Waals surface area (Å²) in [4.78, 5) is 11.2. The van der Waals surface area contributed by atoms with E-state index in [1.165, 1.54) is 20.0 Å². The summed E-state index contributed by atoms with van der Waals surface area (Å²) in [5.74, 6) is 1.20. The number of esters is 1. The fourth-order valence-electron chi connectivity index (χ4n) is 1.76. The predicted molar refractivity (Wildman–Crippen MR) is 51.1 cm³/mol. The van der Waals surface area contributed by atoms with Crippen LogP contribution in [0.25, 0.3) is 0 Å². The van der Waals surface area contributed by atoms with Gasteiger partial charge in [-0.3, -0.25) is 4.79 Å². The number of hydrogen-bond acceptors (Lipinski definition) is 3. The number of ether oxygens (including phenoxy) is 1. The van der Waals surface area contributed by atoms with Crippen molar-refractivity contribution in [3.05, 3.63) is 0 Å². The lowest BCUT2D eigenvalue weighted by molar-refractivity contribution is -0.145. The SMILES string of the molecule is COC(=O)C(CN)CC(C)C1CC1. The molecule has 76 valence electrons. The van der Waals surface area contributed by atoms with E-state index in [4.69, 9.17) is 5.73 Å². The van der Waals surface area contributed by atoms with Crippen molar-refractivity contribution in [3.8, 4) is 0 Å². The topological polar surface area (TPSA) is 52.3 Å².